The number of nitrogens with zero attached hydrogens (tertiary/aromatic N) is 2. The van der Waals surface area contributed by atoms with E-state index in [1.807, 2.05) is 0 Å². The van der Waals surface area contributed by atoms with Gasteiger partial charge in [0.25, 0.3) is 0 Å². The van der Waals surface area contributed by atoms with E-state index in [0.29, 0.717) is 18.1 Å². The Bertz CT molecular complexity index is 369. The largest absolute Gasteiger partial charge is 0.394 e. The van der Waals surface area contributed by atoms with Crippen molar-refractivity contribution in [3.05, 3.63) is 6.20 Å². The Labute approximate surface area is 88.6 Å². The topological polar surface area (TPSA) is 99.0 Å². The van der Waals surface area contributed by atoms with Gasteiger partial charge in [-0.15, -0.1) is 0 Å². The molecule has 5 N–H and O–H groups in total. The van der Waals surface area contributed by atoms with Gasteiger partial charge in [-0.1, -0.05) is 0 Å². The van der Waals surface area contributed by atoms with Crippen molar-refractivity contribution in [1.29, 1.82) is 0 Å². The van der Waals surface area contributed by atoms with Crippen molar-refractivity contribution in [2.75, 3.05) is 17.6 Å². The number of hydrogen-bond acceptors (Lipinski definition) is 4. The molecule has 0 aromatic carbocycles. The fourth-order valence-corrected chi connectivity index (χ4v) is 1.04. The van der Waals surface area contributed by atoms with E-state index in [-0.39, 0.29) is 5.91 Å². The van der Waals surface area contributed by atoms with Crippen molar-refractivity contribution < 1.29 is 4.79 Å². The van der Waals surface area contributed by atoms with E-state index in [0.717, 1.165) is 0 Å². The summed E-state index contributed by atoms with van der Waals surface area (Å²) in [6.45, 7) is 3.94. The lowest BCUT2D eigenvalue weighted by Crippen LogP contribution is -2.37. The van der Waals surface area contributed by atoms with Crippen molar-refractivity contribution in [3.63, 3.8) is 0 Å². The molecular formula is C9H17N5O. The lowest BCUT2D eigenvalue weighted by atomic mass is 9.93. The first-order valence-corrected chi connectivity index (χ1v) is 4.66. The maximum Gasteiger partial charge on any atom is 0.224 e. The summed E-state index contributed by atoms with van der Waals surface area (Å²) in [6, 6.07) is 0. The van der Waals surface area contributed by atoms with E-state index < -0.39 is 5.41 Å². The van der Waals surface area contributed by atoms with Crippen LogP contribution in [0.4, 0.5) is 11.5 Å². The number of nitrogens with one attached hydrogen (secondary N) is 1. The van der Waals surface area contributed by atoms with Gasteiger partial charge in [0.1, 0.15) is 0 Å². The molecular weight excluding hydrogens is 194 g/mol. The lowest BCUT2D eigenvalue weighted by Gasteiger charge is -2.20. The smallest absolute Gasteiger partial charge is 0.224 e. The first-order chi connectivity index (χ1) is 6.83. The monoisotopic (exact) mass is 211 g/mol. The minimum Gasteiger partial charge on any atom is -0.394 e. The molecule has 0 unspecified atom stereocenters. The van der Waals surface area contributed by atoms with Crippen molar-refractivity contribution in [1.82, 2.24) is 9.78 Å². The first kappa shape index (κ1) is 11.4. The van der Waals surface area contributed by atoms with Crippen LogP contribution in [0, 0.1) is 5.41 Å². The Morgan fingerprint density at radius 1 is 1.67 bits per heavy atom. The molecule has 15 heavy (non-hydrogen) atoms. The number of aromatic nitrogens is 2. The highest BCUT2D eigenvalue weighted by Gasteiger charge is 2.25. The molecule has 0 aliphatic carbocycles. The number of carbonyl (C=O) groups excluding carboxylic acids is 1. The number of aryl methyl sites for hydroxylation is 1. The Morgan fingerprint density at radius 2 is 2.27 bits per heavy atom. The van der Waals surface area contributed by atoms with Crippen LogP contribution in [0.5, 0.6) is 0 Å². The number of anilines is 2. The fourth-order valence-electron chi connectivity index (χ4n) is 1.04. The molecule has 1 aromatic heterocycles. The summed E-state index contributed by atoms with van der Waals surface area (Å²) in [5.74, 6) is 0.219. The SMILES string of the molecule is Cn1cc(N)c(NCC(C)(C)C(N)=O)n1. The third kappa shape index (κ3) is 2.61. The van der Waals surface area contributed by atoms with Crippen molar-refractivity contribution in [2.45, 2.75) is 13.8 Å². The molecule has 1 aromatic rings. The van der Waals surface area contributed by atoms with Gasteiger partial charge in [0.2, 0.25) is 5.91 Å². The maximum absolute atomic E-state index is 11.1. The third-order valence-electron chi connectivity index (χ3n) is 2.22. The van der Waals surface area contributed by atoms with Crippen LogP contribution in [0.25, 0.3) is 0 Å². The predicted molar refractivity (Wildman–Crippen MR) is 59.1 cm³/mol. The van der Waals surface area contributed by atoms with E-state index in [2.05, 4.69) is 10.4 Å². The summed E-state index contributed by atoms with van der Waals surface area (Å²) in [7, 11) is 1.78. The van der Waals surface area contributed by atoms with E-state index in [1.54, 1.807) is 31.8 Å². The fraction of sp³-hybridized carbons (Fsp3) is 0.556. The third-order valence-corrected chi connectivity index (χ3v) is 2.22. The highest BCUT2D eigenvalue weighted by Crippen LogP contribution is 2.19. The second-order valence-electron chi connectivity index (χ2n) is 4.21. The number of primary amides is 1. The van der Waals surface area contributed by atoms with Crippen molar-refractivity contribution in [3.8, 4) is 0 Å². The van der Waals surface area contributed by atoms with E-state index in [9.17, 15) is 4.79 Å². The second kappa shape index (κ2) is 3.80. The molecule has 0 bridgehead atoms. The van der Waals surface area contributed by atoms with Crippen molar-refractivity contribution in [2.24, 2.45) is 18.2 Å². The molecule has 0 aliphatic heterocycles. The number of nitrogens with two attached hydrogens (primary N) is 2. The summed E-state index contributed by atoms with van der Waals surface area (Å²) in [5, 5.41) is 7.10. The van der Waals surface area contributed by atoms with Gasteiger partial charge in [-0.05, 0) is 13.8 Å². The Balaban J connectivity index is 2.65. The lowest BCUT2D eigenvalue weighted by molar-refractivity contribution is -0.125. The molecule has 0 radical (unpaired) electrons. The average molecular weight is 211 g/mol. The molecule has 1 rings (SSSR count). The minimum absolute atomic E-state index is 0.357. The first-order valence-electron chi connectivity index (χ1n) is 4.66. The highest BCUT2D eigenvalue weighted by molar-refractivity contribution is 5.80. The Hall–Kier alpha value is -1.72. The Kier molecular flexibility index (Phi) is 2.88. The Morgan fingerprint density at radius 3 is 2.67 bits per heavy atom. The molecule has 0 fully saturated rings. The van der Waals surface area contributed by atoms with Crippen LogP contribution >= 0.6 is 0 Å². The van der Waals surface area contributed by atoms with Crippen LogP contribution in [-0.2, 0) is 11.8 Å². The van der Waals surface area contributed by atoms with Gasteiger partial charge in [0.15, 0.2) is 5.82 Å². The number of nitrogen functional groups attached to an aromatic ring is 1. The molecule has 0 saturated carbocycles. The molecule has 6 heteroatoms. The molecule has 0 aliphatic rings. The summed E-state index contributed by atoms with van der Waals surface area (Å²) >= 11 is 0. The van der Waals surface area contributed by atoms with Crippen LogP contribution < -0.4 is 16.8 Å². The summed E-state index contributed by atoms with van der Waals surface area (Å²) in [4.78, 5) is 11.1. The van der Waals surface area contributed by atoms with E-state index in [4.69, 9.17) is 11.5 Å². The normalized spacial score (nSPS) is 11.4. The molecule has 84 valence electrons. The molecule has 0 saturated heterocycles. The van der Waals surface area contributed by atoms with Gasteiger partial charge in [0.05, 0.1) is 11.1 Å². The van der Waals surface area contributed by atoms with Gasteiger partial charge in [-0.25, -0.2) is 0 Å². The zero-order valence-electron chi connectivity index (χ0n) is 9.24. The summed E-state index contributed by atoms with van der Waals surface area (Å²) < 4.78 is 1.61. The summed E-state index contributed by atoms with van der Waals surface area (Å²) in [6.07, 6.45) is 1.69. The van der Waals surface area contributed by atoms with Crippen LogP contribution in [-0.4, -0.2) is 22.2 Å². The van der Waals surface area contributed by atoms with Crippen LogP contribution in [0.1, 0.15) is 13.8 Å². The average Bonchev–Trinajstić information content (AvgIpc) is 2.41. The molecule has 6 nitrogen and oxygen atoms in total. The van der Waals surface area contributed by atoms with E-state index in [1.165, 1.54) is 0 Å². The zero-order chi connectivity index (χ0) is 11.6. The zero-order valence-corrected chi connectivity index (χ0v) is 9.24. The van der Waals surface area contributed by atoms with Gasteiger partial charge in [-0.3, -0.25) is 9.48 Å². The number of amides is 1. The number of hydrogen-bond donors (Lipinski definition) is 3. The van der Waals surface area contributed by atoms with Gasteiger partial charge in [0, 0.05) is 19.8 Å². The molecule has 1 amide bonds. The molecule has 0 atom stereocenters. The van der Waals surface area contributed by atoms with Crippen molar-refractivity contribution >= 4 is 17.4 Å². The highest BCUT2D eigenvalue weighted by atomic mass is 16.1. The minimum atomic E-state index is -0.621. The van der Waals surface area contributed by atoms with Crippen LogP contribution in [0.3, 0.4) is 0 Å². The quantitative estimate of drug-likeness (QED) is 0.649. The van der Waals surface area contributed by atoms with Gasteiger partial charge < -0.3 is 16.8 Å². The van der Waals surface area contributed by atoms with Crippen LogP contribution in [0.2, 0.25) is 0 Å². The second-order valence-corrected chi connectivity index (χ2v) is 4.21. The van der Waals surface area contributed by atoms with Crippen LogP contribution in [0.15, 0.2) is 6.20 Å². The van der Waals surface area contributed by atoms with Gasteiger partial charge >= 0.3 is 0 Å². The molecule has 0 spiro atoms. The molecule has 1 heterocycles. The standard InChI is InChI=1S/C9H17N5O/c1-9(2,8(11)15)5-12-7-6(10)4-14(3)13-7/h4H,5,10H2,1-3H3,(H2,11,15)(H,12,13). The van der Waals surface area contributed by atoms with Gasteiger partial charge in [-0.2, -0.15) is 5.10 Å². The summed E-state index contributed by atoms with van der Waals surface area (Å²) in [5.41, 5.74) is 10.9. The predicted octanol–water partition coefficient (Wildman–Crippen LogP) is -0.0743. The number of carbonyl (C=O) groups is 1. The van der Waals surface area contributed by atoms with E-state index >= 15 is 0 Å². The number of rotatable bonds is 4. The maximum atomic E-state index is 11.1.